The Labute approximate surface area is 117 Å². The average Bonchev–Trinajstić information content (AvgIpc) is 2.46. The summed E-state index contributed by atoms with van der Waals surface area (Å²) in [5, 5.41) is 0. The van der Waals surface area contributed by atoms with Crippen molar-refractivity contribution in [2.24, 2.45) is 0 Å². The van der Waals surface area contributed by atoms with E-state index in [9.17, 15) is 9.59 Å². The summed E-state index contributed by atoms with van der Waals surface area (Å²) in [6.45, 7) is 2.29. The molecule has 0 N–H and O–H groups in total. The minimum absolute atomic E-state index is 0.129. The molecule has 3 nitrogen and oxygen atoms in total. The van der Waals surface area contributed by atoms with E-state index in [0.717, 1.165) is 16.7 Å². The number of nitrogens with zero attached hydrogens (tertiary/aromatic N) is 1. The van der Waals surface area contributed by atoms with E-state index in [1.807, 2.05) is 55.5 Å². The molecule has 0 saturated heterocycles. The van der Waals surface area contributed by atoms with Crippen molar-refractivity contribution >= 4 is 11.8 Å². The third kappa shape index (κ3) is 2.23. The lowest BCUT2D eigenvalue weighted by molar-refractivity contribution is -0.128. The average molecular weight is 265 g/mol. The van der Waals surface area contributed by atoms with Crippen molar-refractivity contribution < 1.29 is 9.59 Å². The number of imide groups is 1. The number of amides is 2. The third-order valence-corrected chi connectivity index (χ3v) is 3.57. The van der Waals surface area contributed by atoms with Crippen LogP contribution in [0.2, 0.25) is 0 Å². The zero-order valence-corrected chi connectivity index (χ0v) is 11.3. The number of carbonyl (C=O) groups excluding carboxylic acids is 2. The molecule has 2 aromatic carbocycles. The summed E-state index contributed by atoms with van der Waals surface area (Å²) in [6.07, 6.45) is 0.300. The summed E-state index contributed by atoms with van der Waals surface area (Å²) >= 11 is 0. The van der Waals surface area contributed by atoms with E-state index in [4.69, 9.17) is 0 Å². The second kappa shape index (κ2) is 4.93. The maximum atomic E-state index is 12.5. The van der Waals surface area contributed by atoms with Gasteiger partial charge < -0.3 is 0 Å². The molecule has 0 radical (unpaired) electrons. The zero-order chi connectivity index (χ0) is 14.1. The van der Waals surface area contributed by atoms with Gasteiger partial charge in [0.25, 0.3) is 5.91 Å². The summed E-state index contributed by atoms with van der Waals surface area (Å²) in [5.41, 5.74) is 3.48. The van der Waals surface area contributed by atoms with Crippen molar-refractivity contribution in [1.82, 2.24) is 4.90 Å². The summed E-state index contributed by atoms with van der Waals surface area (Å²) in [6, 6.07) is 15.3. The molecule has 0 fully saturated rings. The first kappa shape index (κ1) is 12.6. The van der Waals surface area contributed by atoms with Gasteiger partial charge in [0.1, 0.15) is 0 Å². The van der Waals surface area contributed by atoms with Crippen molar-refractivity contribution in [3.8, 4) is 0 Å². The predicted molar refractivity (Wildman–Crippen MR) is 76.2 cm³/mol. The fourth-order valence-corrected chi connectivity index (χ4v) is 2.49. The van der Waals surface area contributed by atoms with Crippen molar-refractivity contribution in [1.29, 1.82) is 0 Å². The van der Waals surface area contributed by atoms with Gasteiger partial charge in [-0.15, -0.1) is 0 Å². The van der Waals surface area contributed by atoms with E-state index in [0.29, 0.717) is 18.5 Å². The monoisotopic (exact) mass is 265 g/mol. The van der Waals surface area contributed by atoms with Gasteiger partial charge in [0.15, 0.2) is 0 Å². The van der Waals surface area contributed by atoms with Crippen LogP contribution in [-0.4, -0.2) is 16.7 Å². The molecule has 0 aromatic heterocycles. The van der Waals surface area contributed by atoms with E-state index in [2.05, 4.69) is 0 Å². The quantitative estimate of drug-likeness (QED) is 0.783. The topological polar surface area (TPSA) is 37.4 Å². The molecule has 0 unspecified atom stereocenters. The van der Waals surface area contributed by atoms with Crippen LogP contribution in [0.4, 0.5) is 0 Å². The number of carbonyl (C=O) groups is 2. The van der Waals surface area contributed by atoms with Gasteiger partial charge in [-0.25, -0.2) is 0 Å². The first-order valence-corrected chi connectivity index (χ1v) is 6.63. The van der Waals surface area contributed by atoms with Gasteiger partial charge in [-0.05, 0) is 24.1 Å². The molecular weight excluding hydrogens is 250 g/mol. The van der Waals surface area contributed by atoms with E-state index in [1.54, 1.807) is 0 Å². The molecule has 2 amide bonds. The Morgan fingerprint density at radius 3 is 2.55 bits per heavy atom. The first-order valence-electron chi connectivity index (χ1n) is 6.63. The lowest BCUT2D eigenvalue weighted by Crippen LogP contribution is -2.41. The SMILES string of the molecule is Cc1ccc2c(c1)C(=O)N(Cc1ccccc1)C(=O)C2. The number of hydrogen-bond acceptors (Lipinski definition) is 2. The Kier molecular flexibility index (Phi) is 3.11. The van der Waals surface area contributed by atoms with Crippen LogP contribution in [0.3, 0.4) is 0 Å². The van der Waals surface area contributed by atoms with Gasteiger partial charge >= 0.3 is 0 Å². The molecule has 0 atom stereocenters. The molecule has 0 saturated carbocycles. The van der Waals surface area contributed by atoms with Gasteiger partial charge in [-0.2, -0.15) is 0 Å². The Morgan fingerprint density at radius 2 is 1.80 bits per heavy atom. The molecular formula is C17H15NO2. The maximum absolute atomic E-state index is 12.5. The van der Waals surface area contributed by atoms with E-state index >= 15 is 0 Å². The van der Waals surface area contributed by atoms with Gasteiger partial charge in [-0.3, -0.25) is 14.5 Å². The van der Waals surface area contributed by atoms with E-state index in [1.165, 1.54) is 4.90 Å². The smallest absolute Gasteiger partial charge is 0.261 e. The molecule has 0 spiro atoms. The summed E-state index contributed by atoms with van der Waals surface area (Å²) in [7, 11) is 0. The summed E-state index contributed by atoms with van der Waals surface area (Å²) in [4.78, 5) is 26.0. The third-order valence-electron chi connectivity index (χ3n) is 3.57. The Hall–Kier alpha value is -2.42. The maximum Gasteiger partial charge on any atom is 0.261 e. The van der Waals surface area contributed by atoms with Crippen LogP contribution in [0.1, 0.15) is 27.0 Å². The van der Waals surface area contributed by atoms with Gasteiger partial charge in [0, 0.05) is 5.56 Å². The van der Waals surface area contributed by atoms with Crippen molar-refractivity contribution in [2.45, 2.75) is 19.9 Å². The largest absolute Gasteiger partial charge is 0.274 e. The molecule has 20 heavy (non-hydrogen) atoms. The number of benzene rings is 2. The molecule has 2 aromatic rings. The minimum atomic E-state index is -0.191. The number of fused-ring (bicyclic) bond motifs is 1. The van der Waals surface area contributed by atoms with Crippen LogP contribution >= 0.6 is 0 Å². The Morgan fingerprint density at radius 1 is 1.05 bits per heavy atom. The van der Waals surface area contributed by atoms with Gasteiger partial charge in [-0.1, -0.05) is 48.0 Å². The van der Waals surface area contributed by atoms with Crippen molar-refractivity contribution in [2.75, 3.05) is 0 Å². The highest BCUT2D eigenvalue weighted by Gasteiger charge is 2.30. The number of rotatable bonds is 2. The molecule has 100 valence electrons. The Balaban J connectivity index is 1.94. The molecule has 0 bridgehead atoms. The first-order chi connectivity index (χ1) is 9.65. The van der Waals surface area contributed by atoms with Crippen LogP contribution in [0.25, 0.3) is 0 Å². The van der Waals surface area contributed by atoms with E-state index < -0.39 is 0 Å². The van der Waals surface area contributed by atoms with Crippen LogP contribution in [-0.2, 0) is 17.8 Å². The molecule has 3 rings (SSSR count). The van der Waals surface area contributed by atoms with Gasteiger partial charge in [0.05, 0.1) is 13.0 Å². The summed E-state index contributed by atoms with van der Waals surface area (Å²) in [5.74, 6) is -0.320. The molecule has 1 aliphatic rings. The lowest BCUT2D eigenvalue weighted by Gasteiger charge is -2.27. The van der Waals surface area contributed by atoms with Crippen LogP contribution in [0.5, 0.6) is 0 Å². The normalized spacial score (nSPS) is 14.3. The molecule has 3 heteroatoms. The Bertz CT molecular complexity index is 677. The molecule has 1 heterocycles. The van der Waals surface area contributed by atoms with E-state index in [-0.39, 0.29) is 11.8 Å². The van der Waals surface area contributed by atoms with Crippen molar-refractivity contribution in [3.63, 3.8) is 0 Å². The zero-order valence-electron chi connectivity index (χ0n) is 11.3. The number of aryl methyl sites for hydroxylation is 1. The molecule has 1 aliphatic heterocycles. The standard InChI is InChI=1S/C17H15NO2/c1-12-7-8-14-10-16(19)18(17(20)15(14)9-12)11-13-5-3-2-4-6-13/h2-9H,10-11H2,1H3. The van der Waals surface area contributed by atoms with Crippen molar-refractivity contribution in [3.05, 3.63) is 70.8 Å². The molecule has 0 aliphatic carbocycles. The fraction of sp³-hybridized carbons (Fsp3) is 0.176. The summed E-state index contributed by atoms with van der Waals surface area (Å²) < 4.78 is 0. The van der Waals surface area contributed by atoms with Crippen LogP contribution in [0, 0.1) is 6.92 Å². The highest BCUT2D eigenvalue weighted by atomic mass is 16.2. The highest BCUT2D eigenvalue weighted by molar-refractivity contribution is 6.09. The second-order valence-electron chi connectivity index (χ2n) is 5.11. The highest BCUT2D eigenvalue weighted by Crippen LogP contribution is 2.22. The van der Waals surface area contributed by atoms with Crippen LogP contribution in [0.15, 0.2) is 48.5 Å². The fourth-order valence-electron chi connectivity index (χ4n) is 2.49. The van der Waals surface area contributed by atoms with Gasteiger partial charge in [0.2, 0.25) is 5.91 Å². The predicted octanol–water partition coefficient (Wildman–Crippen LogP) is 2.72. The number of hydrogen-bond donors (Lipinski definition) is 0. The minimum Gasteiger partial charge on any atom is -0.274 e. The van der Waals surface area contributed by atoms with Crippen LogP contribution < -0.4 is 0 Å². The second-order valence-corrected chi connectivity index (χ2v) is 5.11. The lowest BCUT2D eigenvalue weighted by atomic mass is 9.96.